The van der Waals surface area contributed by atoms with E-state index in [9.17, 15) is 15.0 Å². The second-order valence-electron chi connectivity index (χ2n) is 5.57. The molecule has 0 bridgehead atoms. The maximum atomic E-state index is 12.1. The number of rotatable bonds is 6. The molecule has 0 aliphatic heterocycles. The van der Waals surface area contributed by atoms with Gasteiger partial charge in [0.05, 0.1) is 18.6 Å². The summed E-state index contributed by atoms with van der Waals surface area (Å²) in [5.74, 6) is -0.164. The van der Waals surface area contributed by atoms with Crippen molar-refractivity contribution in [1.29, 1.82) is 0 Å². The van der Waals surface area contributed by atoms with E-state index in [2.05, 4.69) is 5.32 Å². The molecule has 23 heavy (non-hydrogen) atoms. The first-order valence-corrected chi connectivity index (χ1v) is 7.82. The molecule has 2 unspecified atom stereocenters. The van der Waals surface area contributed by atoms with Gasteiger partial charge in [0.2, 0.25) is 5.91 Å². The van der Waals surface area contributed by atoms with Gasteiger partial charge in [0.25, 0.3) is 0 Å². The molecule has 2 rings (SSSR count). The van der Waals surface area contributed by atoms with Gasteiger partial charge in [-0.25, -0.2) is 0 Å². The number of phenolic OH excluding ortho intramolecular Hbond substituents is 1. The Morgan fingerprint density at radius 3 is 2.57 bits per heavy atom. The zero-order valence-corrected chi connectivity index (χ0v) is 13.6. The van der Waals surface area contributed by atoms with Gasteiger partial charge in [-0.05, 0) is 30.2 Å². The molecule has 0 saturated heterocycles. The van der Waals surface area contributed by atoms with Gasteiger partial charge < -0.3 is 15.5 Å². The van der Waals surface area contributed by atoms with E-state index in [1.807, 2.05) is 30.3 Å². The highest BCUT2D eigenvalue weighted by Gasteiger charge is 2.17. The molecule has 0 heterocycles. The van der Waals surface area contributed by atoms with Crippen molar-refractivity contribution in [3.8, 4) is 5.75 Å². The molecular formula is C18H20ClNO3. The lowest BCUT2D eigenvalue weighted by atomic mass is 10.0. The molecule has 2 atom stereocenters. The highest BCUT2D eigenvalue weighted by molar-refractivity contribution is 6.31. The monoisotopic (exact) mass is 333 g/mol. The normalized spacial score (nSPS) is 13.3. The van der Waals surface area contributed by atoms with E-state index >= 15 is 0 Å². The van der Waals surface area contributed by atoms with Crippen molar-refractivity contribution in [2.45, 2.75) is 31.9 Å². The first kappa shape index (κ1) is 17.3. The number of nitrogens with one attached hydrogen (secondary N) is 1. The minimum absolute atomic E-state index is 0.0609. The van der Waals surface area contributed by atoms with E-state index < -0.39 is 6.10 Å². The van der Waals surface area contributed by atoms with Crippen LogP contribution in [0.4, 0.5) is 0 Å². The van der Waals surface area contributed by atoms with Crippen molar-refractivity contribution < 1.29 is 15.0 Å². The lowest BCUT2D eigenvalue weighted by Gasteiger charge is -2.20. The number of phenols is 1. The van der Waals surface area contributed by atoms with Crippen molar-refractivity contribution in [2.75, 3.05) is 0 Å². The predicted octanol–water partition coefficient (Wildman–Crippen LogP) is 2.70. The Morgan fingerprint density at radius 2 is 1.91 bits per heavy atom. The summed E-state index contributed by atoms with van der Waals surface area (Å²) in [5.41, 5.74) is 1.65. The lowest BCUT2D eigenvalue weighted by Crippen LogP contribution is -2.42. The third-order valence-electron chi connectivity index (χ3n) is 3.64. The summed E-state index contributed by atoms with van der Waals surface area (Å²) in [4.78, 5) is 12.1. The Labute approximate surface area is 140 Å². The number of hydrogen-bond donors (Lipinski definition) is 3. The molecule has 2 aromatic rings. The first-order valence-electron chi connectivity index (χ1n) is 7.44. The minimum atomic E-state index is -0.670. The third kappa shape index (κ3) is 5.27. The second kappa shape index (κ2) is 7.99. The third-order valence-corrected chi connectivity index (χ3v) is 3.99. The Morgan fingerprint density at radius 1 is 1.22 bits per heavy atom. The number of aliphatic hydroxyl groups excluding tert-OH is 1. The highest BCUT2D eigenvalue weighted by Crippen LogP contribution is 2.21. The van der Waals surface area contributed by atoms with Crippen molar-refractivity contribution >= 4 is 17.5 Å². The Balaban J connectivity index is 1.88. The van der Waals surface area contributed by atoms with Crippen LogP contribution in [0.3, 0.4) is 0 Å². The topological polar surface area (TPSA) is 69.6 Å². The smallest absolute Gasteiger partial charge is 0.224 e. The molecule has 0 aliphatic rings. The summed E-state index contributed by atoms with van der Waals surface area (Å²) in [7, 11) is 0. The second-order valence-corrected chi connectivity index (χ2v) is 5.97. The van der Waals surface area contributed by atoms with Gasteiger partial charge in [-0.1, -0.05) is 48.0 Å². The van der Waals surface area contributed by atoms with Gasteiger partial charge in [0, 0.05) is 11.4 Å². The van der Waals surface area contributed by atoms with E-state index in [-0.39, 0.29) is 24.1 Å². The van der Waals surface area contributed by atoms with Crippen molar-refractivity contribution in [1.82, 2.24) is 5.32 Å². The maximum Gasteiger partial charge on any atom is 0.224 e. The predicted molar refractivity (Wildman–Crippen MR) is 90.6 cm³/mol. The van der Waals surface area contributed by atoms with Crippen molar-refractivity contribution in [2.24, 2.45) is 0 Å². The standard InChI is InChI=1S/C18H20ClNO3/c1-12(17(22)9-13-5-3-2-4-6-13)20-18(23)10-14-7-8-15(21)11-16(14)19/h2-8,11-12,17,21-22H,9-10H2,1H3,(H,20,23). The van der Waals surface area contributed by atoms with Crippen LogP contribution in [-0.2, 0) is 17.6 Å². The van der Waals surface area contributed by atoms with Gasteiger partial charge in [-0.3, -0.25) is 4.79 Å². The van der Waals surface area contributed by atoms with E-state index in [4.69, 9.17) is 11.6 Å². The van der Waals surface area contributed by atoms with E-state index in [1.165, 1.54) is 12.1 Å². The number of carbonyl (C=O) groups excluding carboxylic acids is 1. The molecule has 2 aromatic carbocycles. The van der Waals surface area contributed by atoms with Crippen LogP contribution in [0.2, 0.25) is 5.02 Å². The molecule has 0 aliphatic carbocycles. The molecule has 0 saturated carbocycles. The van der Waals surface area contributed by atoms with Crippen LogP contribution < -0.4 is 5.32 Å². The molecule has 0 spiro atoms. The number of benzene rings is 2. The SMILES string of the molecule is CC(NC(=O)Cc1ccc(O)cc1Cl)C(O)Cc1ccccc1. The quantitative estimate of drug-likeness (QED) is 0.761. The number of aromatic hydroxyl groups is 1. The summed E-state index contributed by atoms with van der Waals surface area (Å²) in [6, 6.07) is 13.8. The fourth-order valence-corrected chi connectivity index (χ4v) is 2.53. The summed E-state index contributed by atoms with van der Waals surface area (Å²) in [6.45, 7) is 1.77. The Hall–Kier alpha value is -2.04. The summed E-state index contributed by atoms with van der Waals surface area (Å²) in [6.07, 6.45) is -0.0966. The largest absolute Gasteiger partial charge is 0.508 e. The average molecular weight is 334 g/mol. The summed E-state index contributed by atoms with van der Waals surface area (Å²) in [5, 5.41) is 22.6. The highest BCUT2D eigenvalue weighted by atomic mass is 35.5. The Kier molecular flexibility index (Phi) is 6.02. The molecule has 0 aromatic heterocycles. The van der Waals surface area contributed by atoms with E-state index in [1.54, 1.807) is 13.0 Å². The van der Waals surface area contributed by atoms with E-state index in [0.717, 1.165) is 5.56 Å². The van der Waals surface area contributed by atoms with E-state index in [0.29, 0.717) is 17.0 Å². The van der Waals surface area contributed by atoms with Gasteiger partial charge in [-0.2, -0.15) is 0 Å². The molecule has 4 nitrogen and oxygen atoms in total. The fourth-order valence-electron chi connectivity index (χ4n) is 2.29. The first-order chi connectivity index (χ1) is 11.0. The van der Waals surface area contributed by atoms with Gasteiger partial charge in [-0.15, -0.1) is 0 Å². The lowest BCUT2D eigenvalue weighted by molar-refractivity contribution is -0.121. The maximum absolute atomic E-state index is 12.1. The zero-order chi connectivity index (χ0) is 16.8. The van der Waals surface area contributed by atoms with Crippen LogP contribution in [0.15, 0.2) is 48.5 Å². The fraction of sp³-hybridized carbons (Fsp3) is 0.278. The molecular weight excluding hydrogens is 314 g/mol. The summed E-state index contributed by atoms with van der Waals surface area (Å²) >= 11 is 5.99. The van der Waals surface area contributed by atoms with Crippen LogP contribution >= 0.6 is 11.6 Å². The number of amides is 1. The van der Waals surface area contributed by atoms with Crippen molar-refractivity contribution in [3.63, 3.8) is 0 Å². The minimum Gasteiger partial charge on any atom is -0.508 e. The van der Waals surface area contributed by atoms with Gasteiger partial charge in [0.15, 0.2) is 0 Å². The number of halogens is 1. The van der Waals surface area contributed by atoms with Crippen LogP contribution in [0.5, 0.6) is 5.75 Å². The molecule has 0 fully saturated rings. The molecule has 0 radical (unpaired) electrons. The number of hydrogen-bond acceptors (Lipinski definition) is 3. The zero-order valence-electron chi connectivity index (χ0n) is 12.9. The molecule has 1 amide bonds. The molecule has 3 N–H and O–H groups in total. The number of aliphatic hydroxyl groups is 1. The van der Waals surface area contributed by atoms with Crippen LogP contribution in [0.1, 0.15) is 18.1 Å². The van der Waals surface area contributed by atoms with Crippen LogP contribution in [-0.4, -0.2) is 28.3 Å². The van der Waals surface area contributed by atoms with Gasteiger partial charge >= 0.3 is 0 Å². The van der Waals surface area contributed by atoms with Crippen LogP contribution in [0.25, 0.3) is 0 Å². The van der Waals surface area contributed by atoms with Crippen LogP contribution in [0, 0.1) is 0 Å². The Bertz CT molecular complexity index is 661. The van der Waals surface area contributed by atoms with Crippen molar-refractivity contribution in [3.05, 3.63) is 64.7 Å². The number of carbonyl (C=O) groups is 1. The average Bonchev–Trinajstić information content (AvgIpc) is 2.51. The molecule has 122 valence electrons. The summed E-state index contributed by atoms with van der Waals surface area (Å²) < 4.78 is 0. The van der Waals surface area contributed by atoms with Gasteiger partial charge in [0.1, 0.15) is 5.75 Å². The molecule has 5 heteroatoms.